The summed E-state index contributed by atoms with van der Waals surface area (Å²) >= 11 is 0. The van der Waals surface area contributed by atoms with E-state index in [0.717, 1.165) is 18.6 Å². The van der Waals surface area contributed by atoms with Crippen molar-refractivity contribution >= 4 is 5.96 Å². The van der Waals surface area contributed by atoms with Crippen LogP contribution in [0.15, 0.2) is 29.3 Å². The van der Waals surface area contributed by atoms with E-state index in [1.807, 2.05) is 13.8 Å². The van der Waals surface area contributed by atoms with Crippen molar-refractivity contribution in [2.24, 2.45) is 10.7 Å². The van der Waals surface area contributed by atoms with Gasteiger partial charge in [0.1, 0.15) is 6.54 Å². The fraction of sp³-hybridized carbons (Fsp3) is 0.400. The number of halogens is 3. The largest absolute Gasteiger partial charge is 0.416 e. The van der Waals surface area contributed by atoms with Crippen LogP contribution in [0.3, 0.4) is 0 Å². The lowest BCUT2D eigenvalue weighted by Gasteiger charge is -2.10. The number of guanidine groups is 1. The quantitative estimate of drug-likeness (QED) is 0.512. The fourth-order valence-corrected chi connectivity index (χ4v) is 1.41. The van der Waals surface area contributed by atoms with E-state index in [2.05, 4.69) is 22.2 Å². The summed E-state index contributed by atoms with van der Waals surface area (Å²) < 4.78 is 37.1. The van der Waals surface area contributed by atoms with E-state index in [9.17, 15) is 13.2 Å². The maximum absolute atomic E-state index is 12.4. The Bertz CT molecular complexity index is 536. The summed E-state index contributed by atoms with van der Waals surface area (Å²) in [6.07, 6.45) is -3.40. The number of nitrogens with two attached hydrogens (primary N) is 1. The van der Waals surface area contributed by atoms with E-state index in [0.29, 0.717) is 11.5 Å². The molecule has 0 amide bonds. The number of nitrogens with one attached hydrogen (secondary N) is 1. The molecule has 0 aliphatic carbocycles. The molecule has 0 heterocycles. The Balaban J connectivity index is 2.57. The Morgan fingerprint density at radius 1 is 1.33 bits per heavy atom. The van der Waals surface area contributed by atoms with Crippen molar-refractivity contribution in [2.75, 3.05) is 6.54 Å². The molecule has 0 aromatic heterocycles. The highest BCUT2D eigenvalue weighted by atomic mass is 19.4. The summed E-state index contributed by atoms with van der Waals surface area (Å²) in [5.41, 5.74) is 5.46. The van der Waals surface area contributed by atoms with E-state index in [1.54, 1.807) is 0 Å². The minimum atomic E-state index is -4.33. The minimum Gasteiger partial charge on any atom is -0.370 e. The normalized spacial score (nSPS) is 13.3. The zero-order valence-corrected chi connectivity index (χ0v) is 12.0. The lowest BCUT2D eigenvalue weighted by molar-refractivity contribution is -0.137. The van der Waals surface area contributed by atoms with Crippen LogP contribution in [0.25, 0.3) is 0 Å². The molecule has 0 aliphatic heterocycles. The van der Waals surface area contributed by atoms with Crippen LogP contribution in [0, 0.1) is 11.8 Å². The molecule has 3 N–H and O–H groups in total. The molecule has 0 spiro atoms. The zero-order valence-electron chi connectivity index (χ0n) is 12.0. The third-order valence-electron chi connectivity index (χ3n) is 2.78. The average molecular weight is 297 g/mol. The number of hydrogen-bond donors (Lipinski definition) is 2. The molecule has 0 aliphatic rings. The van der Waals surface area contributed by atoms with Gasteiger partial charge in [0, 0.05) is 11.6 Å². The van der Waals surface area contributed by atoms with Crippen molar-refractivity contribution in [3.05, 3.63) is 35.4 Å². The molecule has 1 unspecified atom stereocenters. The van der Waals surface area contributed by atoms with Gasteiger partial charge in [-0.15, -0.1) is 0 Å². The van der Waals surface area contributed by atoms with E-state index in [4.69, 9.17) is 5.73 Å². The molecule has 0 saturated carbocycles. The molecule has 0 radical (unpaired) electrons. The summed E-state index contributed by atoms with van der Waals surface area (Å²) in [7, 11) is 0. The zero-order chi connectivity index (χ0) is 15.9. The van der Waals surface area contributed by atoms with Gasteiger partial charge in [0.2, 0.25) is 0 Å². The van der Waals surface area contributed by atoms with Crippen molar-refractivity contribution in [2.45, 2.75) is 32.5 Å². The van der Waals surface area contributed by atoms with Gasteiger partial charge in [-0.1, -0.05) is 18.8 Å². The van der Waals surface area contributed by atoms with Gasteiger partial charge in [0.25, 0.3) is 0 Å². The first-order chi connectivity index (χ1) is 9.82. The summed E-state index contributed by atoms with van der Waals surface area (Å²) in [6.45, 7) is 4.20. The second-order valence-electron chi connectivity index (χ2n) is 4.53. The van der Waals surface area contributed by atoms with E-state index < -0.39 is 11.7 Å². The first-order valence-corrected chi connectivity index (χ1v) is 6.55. The molecule has 0 saturated heterocycles. The van der Waals surface area contributed by atoms with Crippen LogP contribution in [0.5, 0.6) is 0 Å². The molecule has 1 atom stereocenters. The number of rotatable bonds is 3. The second-order valence-corrected chi connectivity index (χ2v) is 4.53. The van der Waals surface area contributed by atoms with Crippen LogP contribution in [0.2, 0.25) is 0 Å². The Morgan fingerprint density at radius 3 is 2.48 bits per heavy atom. The van der Waals surface area contributed by atoms with Crippen molar-refractivity contribution < 1.29 is 13.2 Å². The highest BCUT2D eigenvalue weighted by molar-refractivity contribution is 5.78. The van der Waals surface area contributed by atoms with Crippen LogP contribution in [0.4, 0.5) is 13.2 Å². The molecule has 114 valence electrons. The Hall–Kier alpha value is -2.16. The van der Waals surface area contributed by atoms with Gasteiger partial charge >= 0.3 is 6.18 Å². The van der Waals surface area contributed by atoms with Gasteiger partial charge in [0.05, 0.1) is 5.56 Å². The van der Waals surface area contributed by atoms with Gasteiger partial charge in [-0.2, -0.15) is 13.2 Å². The van der Waals surface area contributed by atoms with E-state index >= 15 is 0 Å². The van der Waals surface area contributed by atoms with Crippen molar-refractivity contribution in [1.82, 2.24) is 5.32 Å². The van der Waals surface area contributed by atoms with Gasteiger partial charge in [0.15, 0.2) is 5.96 Å². The number of aliphatic imine (C=N–C) groups is 1. The van der Waals surface area contributed by atoms with Gasteiger partial charge in [-0.05, 0) is 37.6 Å². The summed E-state index contributed by atoms with van der Waals surface area (Å²) in [5, 5.41) is 2.99. The molecule has 6 heteroatoms. The molecule has 0 bridgehead atoms. The third kappa shape index (κ3) is 6.21. The van der Waals surface area contributed by atoms with Crippen molar-refractivity contribution in [1.29, 1.82) is 0 Å². The predicted octanol–water partition coefficient (Wildman–Crippen LogP) is 2.76. The SMILES string of the molecule is CCC(C)NC(N)=NCC#Cc1ccc(C(F)(F)F)cc1. The summed E-state index contributed by atoms with van der Waals surface area (Å²) in [4.78, 5) is 4.01. The third-order valence-corrected chi connectivity index (χ3v) is 2.78. The van der Waals surface area contributed by atoms with Crippen LogP contribution in [0.1, 0.15) is 31.4 Å². The molecular weight excluding hydrogens is 279 g/mol. The Labute approximate surface area is 122 Å². The standard InChI is InChI=1S/C15H18F3N3/c1-3-11(2)21-14(19)20-10-4-5-12-6-8-13(9-7-12)15(16,17)18/h6-9,11H,3,10H2,1-2H3,(H3,19,20,21). The highest BCUT2D eigenvalue weighted by Gasteiger charge is 2.29. The summed E-state index contributed by atoms with van der Waals surface area (Å²) in [6, 6.07) is 4.91. The van der Waals surface area contributed by atoms with Crippen LogP contribution in [-0.4, -0.2) is 18.5 Å². The van der Waals surface area contributed by atoms with Crippen LogP contribution in [-0.2, 0) is 6.18 Å². The lowest BCUT2D eigenvalue weighted by Crippen LogP contribution is -2.38. The Kier molecular flexibility index (Phi) is 6.10. The van der Waals surface area contributed by atoms with Crippen molar-refractivity contribution in [3.8, 4) is 11.8 Å². The Morgan fingerprint density at radius 2 is 1.95 bits per heavy atom. The monoisotopic (exact) mass is 297 g/mol. The smallest absolute Gasteiger partial charge is 0.370 e. The van der Waals surface area contributed by atoms with Crippen molar-refractivity contribution in [3.63, 3.8) is 0 Å². The van der Waals surface area contributed by atoms with E-state index in [1.165, 1.54) is 12.1 Å². The number of hydrogen-bond acceptors (Lipinski definition) is 1. The number of nitrogens with zero attached hydrogens (tertiary/aromatic N) is 1. The molecule has 0 fully saturated rings. The lowest BCUT2D eigenvalue weighted by atomic mass is 10.1. The van der Waals surface area contributed by atoms with Gasteiger partial charge < -0.3 is 11.1 Å². The molecule has 1 aromatic carbocycles. The topological polar surface area (TPSA) is 50.4 Å². The first-order valence-electron chi connectivity index (χ1n) is 6.55. The van der Waals surface area contributed by atoms with Gasteiger partial charge in [-0.3, -0.25) is 0 Å². The second kappa shape index (κ2) is 7.58. The predicted molar refractivity (Wildman–Crippen MR) is 77.7 cm³/mol. The molecule has 3 nitrogen and oxygen atoms in total. The first kappa shape index (κ1) is 16.9. The summed E-state index contributed by atoms with van der Waals surface area (Å²) in [5.74, 6) is 5.79. The van der Waals surface area contributed by atoms with Crippen LogP contribution < -0.4 is 11.1 Å². The number of benzene rings is 1. The molecule has 1 aromatic rings. The number of alkyl halides is 3. The minimum absolute atomic E-state index is 0.191. The average Bonchev–Trinajstić information content (AvgIpc) is 2.43. The molecule has 1 rings (SSSR count). The molecule has 21 heavy (non-hydrogen) atoms. The molecular formula is C15H18F3N3. The maximum atomic E-state index is 12.4. The van der Waals surface area contributed by atoms with Crippen LogP contribution >= 0.6 is 0 Å². The maximum Gasteiger partial charge on any atom is 0.416 e. The van der Waals surface area contributed by atoms with E-state index in [-0.39, 0.29) is 12.6 Å². The van der Waals surface area contributed by atoms with Gasteiger partial charge in [-0.25, -0.2) is 4.99 Å². The highest BCUT2D eigenvalue weighted by Crippen LogP contribution is 2.28. The fourth-order valence-electron chi connectivity index (χ4n) is 1.41.